The first kappa shape index (κ1) is 11.0. The number of nitrogens with two attached hydrogens (primary N) is 1. The summed E-state index contributed by atoms with van der Waals surface area (Å²) in [5.41, 5.74) is 8.83. The number of aryl methyl sites for hydroxylation is 1. The van der Waals surface area contributed by atoms with Crippen LogP contribution in [-0.4, -0.2) is 19.6 Å². The molecule has 0 fully saturated rings. The third-order valence-corrected chi connectivity index (χ3v) is 3.06. The normalized spacial score (nSPS) is 11.0. The van der Waals surface area contributed by atoms with Gasteiger partial charge in [-0.1, -0.05) is 17.7 Å². The molecule has 2 heterocycles. The fraction of sp³-hybridized carbons (Fsp3) is 0.0833. The van der Waals surface area contributed by atoms with Crippen LogP contribution in [0.15, 0.2) is 30.6 Å². The van der Waals surface area contributed by atoms with Crippen LogP contribution in [0.25, 0.3) is 17.0 Å². The third kappa shape index (κ3) is 1.60. The quantitative estimate of drug-likeness (QED) is 0.681. The van der Waals surface area contributed by atoms with Crippen molar-refractivity contribution in [1.29, 1.82) is 0 Å². The van der Waals surface area contributed by atoms with E-state index in [-0.39, 0.29) is 0 Å². The predicted octanol–water partition coefficient (Wildman–Crippen LogP) is 2.34. The van der Waals surface area contributed by atoms with Gasteiger partial charge in [-0.3, -0.25) is 4.40 Å². The molecular formula is C12H10ClN5. The highest BCUT2D eigenvalue weighted by atomic mass is 35.5. The number of anilines is 1. The van der Waals surface area contributed by atoms with Crippen LogP contribution in [0.1, 0.15) is 5.69 Å². The maximum atomic E-state index is 6.01. The Bertz CT molecular complexity index is 734. The van der Waals surface area contributed by atoms with Gasteiger partial charge in [0.05, 0.1) is 10.7 Å². The summed E-state index contributed by atoms with van der Waals surface area (Å²) in [6.07, 6.45) is 1.68. The van der Waals surface area contributed by atoms with Gasteiger partial charge in [0.15, 0.2) is 11.5 Å². The molecule has 0 bridgehead atoms. The Balaban J connectivity index is 2.29. The van der Waals surface area contributed by atoms with Gasteiger partial charge in [0.2, 0.25) is 0 Å². The number of hydrogen-bond acceptors (Lipinski definition) is 4. The van der Waals surface area contributed by atoms with Gasteiger partial charge in [0.1, 0.15) is 6.33 Å². The Morgan fingerprint density at radius 1 is 1.28 bits per heavy atom. The van der Waals surface area contributed by atoms with Crippen molar-refractivity contribution in [1.82, 2.24) is 19.6 Å². The van der Waals surface area contributed by atoms with Crippen LogP contribution in [0.4, 0.5) is 5.69 Å². The van der Waals surface area contributed by atoms with Gasteiger partial charge in [-0.2, -0.15) is 0 Å². The number of fused-ring (bicyclic) bond motifs is 1. The molecule has 3 rings (SSSR count). The van der Waals surface area contributed by atoms with Crippen LogP contribution < -0.4 is 5.73 Å². The minimum Gasteiger partial charge on any atom is -0.397 e. The molecule has 0 unspecified atom stereocenters. The largest absolute Gasteiger partial charge is 0.397 e. The molecule has 0 saturated heterocycles. The number of nitrogen functional groups attached to an aromatic ring is 1. The standard InChI is InChI=1S/C12H10ClN5/c1-7-5-10-16-17-12(18(10)6-15-7)8-3-2-4-9(13)11(8)14/h2-6H,14H2,1H3. The van der Waals surface area contributed by atoms with E-state index in [1.807, 2.05) is 25.1 Å². The molecule has 5 nitrogen and oxygen atoms in total. The minimum absolute atomic E-state index is 0.494. The summed E-state index contributed by atoms with van der Waals surface area (Å²) in [6.45, 7) is 1.90. The molecular weight excluding hydrogens is 250 g/mol. The molecule has 0 spiro atoms. The summed E-state index contributed by atoms with van der Waals surface area (Å²) >= 11 is 6.01. The molecule has 0 saturated carbocycles. The van der Waals surface area contributed by atoms with Gasteiger partial charge in [0.25, 0.3) is 0 Å². The van der Waals surface area contributed by atoms with Crippen molar-refractivity contribution in [3.05, 3.63) is 41.3 Å². The monoisotopic (exact) mass is 259 g/mol. The molecule has 0 amide bonds. The molecule has 6 heteroatoms. The van der Waals surface area contributed by atoms with Gasteiger partial charge >= 0.3 is 0 Å². The van der Waals surface area contributed by atoms with Crippen molar-refractivity contribution in [3.8, 4) is 11.4 Å². The highest BCUT2D eigenvalue weighted by Crippen LogP contribution is 2.30. The van der Waals surface area contributed by atoms with E-state index in [0.29, 0.717) is 16.5 Å². The van der Waals surface area contributed by atoms with Crippen LogP contribution in [0.5, 0.6) is 0 Å². The summed E-state index contributed by atoms with van der Waals surface area (Å²) in [4.78, 5) is 4.23. The molecule has 0 atom stereocenters. The van der Waals surface area contributed by atoms with Gasteiger partial charge in [0, 0.05) is 17.3 Å². The average Bonchev–Trinajstić information content (AvgIpc) is 2.75. The zero-order chi connectivity index (χ0) is 12.7. The fourth-order valence-electron chi connectivity index (χ4n) is 1.80. The fourth-order valence-corrected chi connectivity index (χ4v) is 1.98. The molecule has 1 aromatic carbocycles. The second kappa shape index (κ2) is 3.96. The number of nitrogens with zero attached hydrogens (tertiary/aromatic N) is 4. The van der Waals surface area contributed by atoms with Crippen LogP contribution in [-0.2, 0) is 0 Å². The van der Waals surface area contributed by atoms with Gasteiger partial charge in [-0.25, -0.2) is 4.98 Å². The summed E-state index contributed by atoms with van der Waals surface area (Å²) in [7, 11) is 0. The maximum Gasteiger partial charge on any atom is 0.171 e. The van der Waals surface area contributed by atoms with Crippen molar-refractivity contribution in [2.24, 2.45) is 0 Å². The van der Waals surface area contributed by atoms with Crippen molar-refractivity contribution in [2.75, 3.05) is 5.73 Å². The smallest absolute Gasteiger partial charge is 0.171 e. The summed E-state index contributed by atoms with van der Waals surface area (Å²) in [5, 5.41) is 8.75. The minimum atomic E-state index is 0.494. The predicted molar refractivity (Wildman–Crippen MR) is 70.4 cm³/mol. The third-order valence-electron chi connectivity index (χ3n) is 2.73. The van der Waals surface area contributed by atoms with Crippen molar-refractivity contribution in [2.45, 2.75) is 6.92 Å². The van der Waals surface area contributed by atoms with E-state index in [0.717, 1.165) is 16.9 Å². The van der Waals surface area contributed by atoms with Gasteiger partial charge in [-0.15, -0.1) is 10.2 Å². The first-order valence-electron chi connectivity index (χ1n) is 5.38. The van der Waals surface area contributed by atoms with Gasteiger partial charge < -0.3 is 5.73 Å². The van der Waals surface area contributed by atoms with Crippen LogP contribution in [0, 0.1) is 6.92 Å². The summed E-state index contributed by atoms with van der Waals surface area (Å²) < 4.78 is 1.79. The Kier molecular flexibility index (Phi) is 2.41. The Hall–Kier alpha value is -2.14. The van der Waals surface area contributed by atoms with Crippen molar-refractivity contribution in [3.63, 3.8) is 0 Å². The first-order valence-corrected chi connectivity index (χ1v) is 5.76. The first-order chi connectivity index (χ1) is 8.66. The Labute approximate surface area is 108 Å². The molecule has 3 aromatic rings. The van der Waals surface area contributed by atoms with E-state index >= 15 is 0 Å². The molecule has 2 N–H and O–H groups in total. The van der Waals surface area contributed by atoms with E-state index < -0.39 is 0 Å². The average molecular weight is 260 g/mol. The lowest BCUT2D eigenvalue weighted by molar-refractivity contribution is 1.05. The number of hydrogen-bond donors (Lipinski definition) is 1. The molecule has 90 valence electrons. The molecule has 0 aliphatic heterocycles. The summed E-state index contributed by atoms with van der Waals surface area (Å²) in [6, 6.07) is 7.29. The maximum absolute atomic E-state index is 6.01. The molecule has 0 radical (unpaired) electrons. The zero-order valence-corrected chi connectivity index (χ0v) is 10.4. The molecule has 2 aromatic heterocycles. The van der Waals surface area contributed by atoms with Crippen molar-refractivity contribution >= 4 is 22.9 Å². The molecule has 0 aliphatic rings. The van der Waals surface area contributed by atoms with E-state index in [1.165, 1.54) is 0 Å². The van der Waals surface area contributed by atoms with E-state index in [4.69, 9.17) is 17.3 Å². The lowest BCUT2D eigenvalue weighted by Crippen LogP contribution is -1.96. The van der Waals surface area contributed by atoms with Gasteiger partial charge in [-0.05, 0) is 19.1 Å². The lowest BCUT2D eigenvalue weighted by Gasteiger charge is -2.05. The van der Waals surface area contributed by atoms with Crippen LogP contribution >= 0.6 is 11.6 Å². The van der Waals surface area contributed by atoms with E-state index in [9.17, 15) is 0 Å². The number of rotatable bonds is 1. The second-order valence-corrected chi connectivity index (χ2v) is 4.39. The number of halogens is 1. The van der Waals surface area contributed by atoms with Crippen LogP contribution in [0.3, 0.4) is 0 Å². The number of para-hydroxylation sites is 1. The highest BCUT2D eigenvalue weighted by molar-refractivity contribution is 6.33. The molecule has 18 heavy (non-hydrogen) atoms. The zero-order valence-electron chi connectivity index (χ0n) is 9.63. The van der Waals surface area contributed by atoms with E-state index in [2.05, 4.69) is 15.2 Å². The van der Waals surface area contributed by atoms with Crippen molar-refractivity contribution < 1.29 is 0 Å². The Morgan fingerprint density at radius 3 is 2.94 bits per heavy atom. The SMILES string of the molecule is Cc1cc2nnc(-c3cccc(Cl)c3N)n2cn1. The molecule has 0 aliphatic carbocycles. The highest BCUT2D eigenvalue weighted by Gasteiger charge is 2.12. The topological polar surface area (TPSA) is 69.1 Å². The van der Waals surface area contributed by atoms with Crippen LogP contribution in [0.2, 0.25) is 5.02 Å². The lowest BCUT2D eigenvalue weighted by atomic mass is 10.1. The Morgan fingerprint density at radius 2 is 2.11 bits per heavy atom. The summed E-state index contributed by atoms with van der Waals surface area (Å²) in [5.74, 6) is 0.637. The number of aromatic nitrogens is 4. The second-order valence-electron chi connectivity index (χ2n) is 3.98. The van der Waals surface area contributed by atoms with E-state index in [1.54, 1.807) is 16.8 Å². The number of benzene rings is 1.